The number of carbonyl (C=O) groups is 2. The molecule has 6 nitrogen and oxygen atoms in total. The van der Waals surface area contributed by atoms with Crippen LogP contribution in [-0.2, 0) is 16.0 Å². The Morgan fingerprint density at radius 2 is 2.08 bits per heavy atom. The number of halogens is 3. The van der Waals surface area contributed by atoms with Crippen molar-refractivity contribution in [2.24, 2.45) is 11.7 Å². The molecule has 0 saturated carbocycles. The zero-order valence-corrected chi connectivity index (χ0v) is 15.1. The van der Waals surface area contributed by atoms with Gasteiger partial charge in [0.2, 0.25) is 11.8 Å². The second-order valence-electron chi connectivity index (χ2n) is 5.92. The van der Waals surface area contributed by atoms with Crippen molar-refractivity contribution in [1.82, 2.24) is 10.2 Å². The highest BCUT2D eigenvalue weighted by atomic mass is 35.5. The molecule has 1 aromatic carbocycles. The lowest BCUT2D eigenvalue weighted by Crippen LogP contribution is -2.46. The van der Waals surface area contributed by atoms with Crippen molar-refractivity contribution in [3.8, 4) is 5.75 Å². The van der Waals surface area contributed by atoms with Crippen LogP contribution in [0.15, 0.2) is 24.3 Å². The number of ether oxygens (including phenoxy) is 1. The molecule has 1 heterocycles. The van der Waals surface area contributed by atoms with Gasteiger partial charge in [-0.25, -0.2) is 0 Å². The molecule has 1 aromatic rings. The maximum atomic E-state index is 12.5. The van der Waals surface area contributed by atoms with Gasteiger partial charge in [-0.05, 0) is 18.9 Å². The number of nitrogens with two attached hydrogens (primary N) is 1. The fourth-order valence-electron chi connectivity index (χ4n) is 2.89. The summed E-state index contributed by atoms with van der Waals surface area (Å²) in [6.45, 7) is -1.30. The van der Waals surface area contributed by atoms with Crippen LogP contribution in [0.1, 0.15) is 18.4 Å². The lowest BCUT2D eigenvalue weighted by molar-refractivity contribution is -0.135. The van der Waals surface area contributed by atoms with Gasteiger partial charge in [0.1, 0.15) is 5.75 Å². The van der Waals surface area contributed by atoms with Crippen molar-refractivity contribution in [2.75, 3.05) is 26.2 Å². The van der Waals surface area contributed by atoms with Gasteiger partial charge in [0.05, 0.1) is 12.3 Å². The average Bonchev–Trinajstić information content (AvgIpc) is 2.61. The van der Waals surface area contributed by atoms with Crippen molar-refractivity contribution in [3.05, 3.63) is 29.8 Å². The Kier molecular flexibility index (Phi) is 9.29. The second kappa shape index (κ2) is 10.9. The van der Waals surface area contributed by atoms with E-state index in [0.717, 1.165) is 6.42 Å². The van der Waals surface area contributed by atoms with Crippen molar-refractivity contribution in [1.29, 1.82) is 0 Å². The number of hydrogen-bond donors (Lipinski definition) is 2. The summed E-state index contributed by atoms with van der Waals surface area (Å²) < 4.78 is 29.4. The smallest absolute Gasteiger partial charge is 0.387 e. The summed E-state index contributed by atoms with van der Waals surface area (Å²) in [5, 5.41) is 2.74. The molecule has 146 valence electrons. The van der Waals surface area contributed by atoms with Crippen molar-refractivity contribution >= 4 is 24.2 Å². The molecule has 3 N–H and O–H groups in total. The molecule has 0 radical (unpaired) electrons. The van der Waals surface area contributed by atoms with E-state index in [0.29, 0.717) is 38.2 Å². The molecule has 0 bridgehead atoms. The molecule has 2 amide bonds. The van der Waals surface area contributed by atoms with Gasteiger partial charge < -0.3 is 20.7 Å². The van der Waals surface area contributed by atoms with Gasteiger partial charge in [0.15, 0.2) is 0 Å². The van der Waals surface area contributed by atoms with Crippen LogP contribution < -0.4 is 15.8 Å². The van der Waals surface area contributed by atoms with Gasteiger partial charge in [-0.1, -0.05) is 18.2 Å². The number of rotatable bonds is 7. The predicted molar refractivity (Wildman–Crippen MR) is 95.4 cm³/mol. The van der Waals surface area contributed by atoms with E-state index in [2.05, 4.69) is 10.1 Å². The fraction of sp³-hybridized carbons (Fsp3) is 0.529. The van der Waals surface area contributed by atoms with E-state index in [1.165, 1.54) is 6.07 Å². The largest absolute Gasteiger partial charge is 0.435 e. The van der Waals surface area contributed by atoms with Crippen LogP contribution in [0.4, 0.5) is 8.78 Å². The number of piperidine rings is 1. The lowest BCUT2D eigenvalue weighted by atomic mass is 9.96. The highest BCUT2D eigenvalue weighted by Crippen LogP contribution is 2.23. The summed E-state index contributed by atoms with van der Waals surface area (Å²) in [6.07, 6.45) is 1.40. The van der Waals surface area contributed by atoms with Crippen LogP contribution in [0.25, 0.3) is 0 Å². The number of likely N-dealkylation sites (tertiary alicyclic amines) is 1. The molecular weight excluding hydrogens is 368 g/mol. The first-order valence-electron chi connectivity index (χ1n) is 8.29. The molecular formula is C17H24ClF2N3O3. The van der Waals surface area contributed by atoms with Crippen molar-refractivity contribution in [2.45, 2.75) is 25.9 Å². The molecule has 9 heteroatoms. The van der Waals surface area contributed by atoms with E-state index in [1.807, 2.05) is 0 Å². The molecule has 0 spiro atoms. The average molecular weight is 392 g/mol. The number of benzene rings is 1. The predicted octanol–water partition coefficient (Wildman–Crippen LogP) is 1.57. The quantitative estimate of drug-likeness (QED) is 0.738. The third-order valence-electron chi connectivity index (χ3n) is 4.12. The van der Waals surface area contributed by atoms with Crippen LogP contribution in [-0.4, -0.2) is 49.5 Å². The number of amides is 2. The summed E-state index contributed by atoms with van der Waals surface area (Å²) in [7, 11) is 0. The summed E-state index contributed by atoms with van der Waals surface area (Å²) in [5.74, 6) is -0.581. The van der Waals surface area contributed by atoms with Crippen LogP contribution in [0.5, 0.6) is 5.75 Å². The van der Waals surface area contributed by atoms with Gasteiger partial charge in [-0.3, -0.25) is 9.59 Å². The standard InChI is InChI=1S/C17H23F2N3O3.ClH/c18-17(19)25-14-6-2-1-4-12(14)10-15(23)22-9-3-5-13(11-22)16(24)21-8-7-20;/h1-2,4,6,13,17H,3,5,7-11,20H2,(H,21,24);1H. The summed E-state index contributed by atoms with van der Waals surface area (Å²) in [5.41, 5.74) is 5.78. The van der Waals surface area contributed by atoms with E-state index in [1.54, 1.807) is 23.1 Å². The lowest BCUT2D eigenvalue weighted by Gasteiger charge is -2.32. The molecule has 1 aliphatic heterocycles. The van der Waals surface area contributed by atoms with Crippen LogP contribution >= 0.6 is 12.4 Å². The number of nitrogens with one attached hydrogen (secondary N) is 1. The Bertz CT molecular complexity index is 604. The van der Waals surface area contributed by atoms with E-state index >= 15 is 0 Å². The Morgan fingerprint density at radius 1 is 1.35 bits per heavy atom. The van der Waals surface area contributed by atoms with Gasteiger partial charge in [-0.15, -0.1) is 12.4 Å². The first kappa shape index (κ1) is 22.1. The van der Waals surface area contributed by atoms with Crippen molar-refractivity contribution < 1.29 is 23.1 Å². The van der Waals surface area contributed by atoms with Crippen LogP contribution in [0, 0.1) is 5.92 Å². The number of carbonyl (C=O) groups excluding carboxylic acids is 2. The molecule has 1 saturated heterocycles. The van der Waals surface area contributed by atoms with E-state index < -0.39 is 6.61 Å². The molecule has 0 aromatic heterocycles. The zero-order chi connectivity index (χ0) is 18.2. The highest BCUT2D eigenvalue weighted by molar-refractivity contribution is 5.85. The fourth-order valence-corrected chi connectivity index (χ4v) is 2.89. The number of hydrogen-bond acceptors (Lipinski definition) is 4. The number of para-hydroxylation sites is 1. The third kappa shape index (κ3) is 6.42. The molecule has 26 heavy (non-hydrogen) atoms. The van der Waals surface area contributed by atoms with Crippen LogP contribution in [0.2, 0.25) is 0 Å². The monoisotopic (exact) mass is 391 g/mol. The normalized spacial score (nSPS) is 16.8. The van der Waals surface area contributed by atoms with Crippen molar-refractivity contribution in [3.63, 3.8) is 0 Å². The minimum atomic E-state index is -2.94. The first-order chi connectivity index (χ1) is 12.0. The first-order valence-corrected chi connectivity index (χ1v) is 8.29. The maximum absolute atomic E-state index is 12.5. The van der Waals surface area contributed by atoms with E-state index in [-0.39, 0.29) is 42.3 Å². The number of alkyl halides is 2. The zero-order valence-electron chi connectivity index (χ0n) is 14.3. The van der Waals surface area contributed by atoms with E-state index in [4.69, 9.17) is 5.73 Å². The Balaban J connectivity index is 0.00000338. The molecule has 1 unspecified atom stereocenters. The second-order valence-corrected chi connectivity index (χ2v) is 5.92. The number of nitrogens with zero attached hydrogens (tertiary/aromatic N) is 1. The summed E-state index contributed by atoms with van der Waals surface area (Å²) in [6, 6.07) is 6.24. The van der Waals surface area contributed by atoms with E-state index in [9.17, 15) is 18.4 Å². The third-order valence-corrected chi connectivity index (χ3v) is 4.12. The Hall–Kier alpha value is -1.93. The molecule has 1 fully saturated rings. The Labute approximate surface area is 157 Å². The van der Waals surface area contributed by atoms with Gasteiger partial charge >= 0.3 is 6.61 Å². The minimum Gasteiger partial charge on any atom is -0.435 e. The molecule has 0 aliphatic carbocycles. The highest BCUT2D eigenvalue weighted by Gasteiger charge is 2.28. The summed E-state index contributed by atoms with van der Waals surface area (Å²) >= 11 is 0. The van der Waals surface area contributed by atoms with Gasteiger partial charge in [0.25, 0.3) is 0 Å². The summed E-state index contributed by atoms with van der Waals surface area (Å²) in [4.78, 5) is 26.2. The van der Waals surface area contributed by atoms with Gasteiger partial charge in [0, 0.05) is 31.7 Å². The molecule has 2 rings (SSSR count). The molecule has 1 aliphatic rings. The minimum absolute atomic E-state index is 0. The SMILES string of the molecule is Cl.NCCNC(=O)C1CCCN(C(=O)Cc2ccccc2OC(F)F)C1. The molecule has 1 atom stereocenters. The maximum Gasteiger partial charge on any atom is 0.387 e. The topological polar surface area (TPSA) is 84.7 Å². The van der Waals surface area contributed by atoms with Crippen LogP contribution in [0.3, 0.4) is 0 Å². The van der Waals surface area contributed by atoms with Gasteiger partial charge in [-0.2, -0.15) is 8.78 Å². The Morgan fingerprint density at radius 3 is 2.77 bits per heavy atom.